The summed E-state index contributed by atoms with van der Waals surface area (Å²) in [7, 11) is -10.7. The molecule has 6 rings (SSSR count). The maximum absolute atomic E-state index is 10.7. The number of halogens is 6. The van der Waals surface area contributed by atoms with Gasteiger partial charge in [0.25, 0.3) is 0 Å². The van der Waals surface area contributed by atoms with Crippen molar-refractivity contribution < 1.29 is 29.8 Å². The van der Waals surface area contributed by atoms with Gasteiger partial charge in [-0.2, -0.15) is 4.58 Å². The van der Waals surface area contributed by atoms with Crippen LogP contribution in [0.4, 0.5) is 30.9 Å². The second kappa shape index (κ2) is 12.6. The van der Waals surface area contributed by atoms with Crippen LogP contribution in [-0.2, 0) is 6.54 Å². The Bertz CT molecular complexity index is 2050. The molecule has 5 aromatic rings. The maximum atomic E-state index is 9.87. The summed E-state index contributed by atoms with van der Waals surface area (Å²) in [5.41, 5.74) is 5.32. The Labute approximate surface area is 264 Å². The molecule has 0 saturated carbocycles. The van der Waals surface area contributed by atoms with Gasteiger partial charge in [-0.05, 0) is 35.4 Å². The fraction of sp³-hybridized carbons (Fsp3) is 0.216. The Hall–Kier alpha value is -4.16. The van der Waals surface area contributed by atoms with Gasteiger partial charge in [0.2, 0.25) is 11.4 Å². The molecule has 0 saturated heterocycles. The number of hydrogen-bond donors (Lipinski definition) is 0. The van der Waals surface area contributed by atoms with E-state index in [0.717, 1.165) is 13.1 Å². The van der Waals surface area contributed by atoms with Crippen LogP contribution in [0.25, 0.3) is 38.5 Å². The van der Waals surface area contributed by atoms with Crippen molar-refractivity contribution in [3.8, 4) is 0 Å². The van der Waals surface area contributed by atoms with E-state index in [2.05, 4.69) is 138 Å². The first-order valence-corrected chi connectivity index (χ1v) is 17.5. The standard InChI is InChI=1S/C37H37N2.F6P/c1-3-5-26-38-32(30-20-12-16-28-18-14-24-34(38)36(28)30)22-10-8-7-9-11-23-33-31-21-13-17-29-19-15-25-35(37(29)31)39(33)27-6-4-2;1-7(2,3,4,5)6/h7-25H,3-6,26-27H2,1-2H3;/q+1;-1. The molecular formula is C37H37F6N2P. The summed E-state index contributed by atoms with van der Waals surface area (Å²) in [6.07, 6.45) is 20.1. The summed E-state index contributed by atoms with van der Waals surface area (Å²) in [5, 5.41) is 8.04. The fourth-order valence-corrected chi connectivity index (χ4v) is 6.03. The predicted molar refractivity (Wildman–Crippen MR) is 183 cm³/mol. The monoisotopic (exact) mass is 654 g/mol. The molecule has 0 bridgehead atoms. The van der Waals surface area contributed by atoms with Crippen LogP contribution >= 0.6 is 7.81 Å². The second-order valence-corrected chi connectivity index (χ2v) is 13.3. The van der Waals surface area contributed by atoms with Crippen molar-refractivity contribution in [1.29, 1.82) is 0 Å². The van der Waals surface area contributed by atoms with Crippen molar-refractivity contribution in [2.75, 3.05) is 6.54 Å². The van der Waals surface area contributed by atoms with E-state index in [1.54, 1.807) is 0 Å². The SMILES string of the molecule is CCCCn1c(=CC=CC=CC=CC2=[N+](CCCC)c3cccc4cccc2c34)c2cccc3cccc1c32.F[P-](F)(F)(F)(F)F. The van der Waals surface area contributed by atoms with Gasteiger partial charge in [0.1, 0.15) is 6.54 Å². The van der Waals surface area contributed by atoms with Crippen LogP contribution in [0.2, 0.25) is 0 Å². The van der Waals surface area contributed by atoms with Gasteiger partial charge in [0.15, 0.2) is 0 Å². The van der Waals surface area contributed by atoms with Crippen LogP contribution in [0, 0.1) is 0 Å². The van der Waals surface area contributed by atoms with Gasteiger partial charge in [-0.15, -0.1) is 0 Å². The molecule has 0 radical (unpaired) electrons. The molecule has 0 fully saturated rings. The van der Waals surface area contributed by atoms with Gasteiger partial charge in [-0.1, -0.05) is 112 Å². The Morgan fingerprint density at radius 2 is 1.26 bits per heavy atom. The van der Waals surface area contributed by atoms with E-state index in [-0.39, 0.29) is 0 Å². The molecule has 1 aliphatic heterocycles. The van der Waals surface area contributed by atoms with E-state index < -0.39 is 7.81 Å². The number of unbranched alkanes of at least 4 members (excludes halogenated alkanes) is 2. The molecule has 2 nitrogen and oxygen atoms in total. The average molecular weight is 655 g/mol. The Balaban J connectivity index is 0.000000537. The predicted octanol–water partition coefficient (Wildman–Crippen LogP) is 12.2. The van der Waals surface area contributed by atoms with Crippen molar-refractivity contribution in [2.24, 2.45) is 0 Å². The van der Waals surface area contributed by atoms with Gasteiger partial charge in [-0.3, -0.25) is 0 Å². The topological polar surface area (TPSA) is 7.94 Å². The van der Waals surface area contributed by atoms with Crippen molar-refractivity contribution in [1.82, 2.24) is 4.57 Å². The van der Waals surface area contributed by atoms with Crippen LogP contribution in [0.1, 0.15) is 45.1 Å². The quantitative estimate of drug-likeness (QED) is 0.0613. The summed E-state index contributed by atoms with van der Waals surface area (Å²) in [5.74, 6) is 0. The van der Waals surface area contributed by atoms with E-state index in [0.29, 0.717) is 0 Å². The summed E-state index contributed by atoms with van der Waals surface area (Å²) >= 11 is 0. The molecule has 46 heavy (non-hydrogen) atoms. The molecule has 0 aliphatic carbocycles. The molecule has 0 atom stereocenters. The number of aromatic nitrogens is 1. The number of rotatable bonds is 10. The van der Waals surface area contributed by atoms with E-state index in [9.17, 15) is 25.2 Å². The van der Waals surface area contributed by atoms with Gasteiger partial charge in [0.05, 0.1) is 10.9 Å². The molecule has 9 heteroatoms. The third kappa shape index (κ3) is 8.16. The molecule has 4 aromatic carbocycles. The molecule has 2 heterocycles. The van der Waals surface area contributed by atoms with Crippen molar-refractivity contribution in [2.45, 2.75) is 46.1 Å². The van der Waals surface area contributed by atoms with Crippen LogP contribution in [0.5, 0.6) is 0 Å². The molecule has 0 spiro atoms. The minimum atomic E-state index is -10.7. The van der Waals surface area contributed by atoms with Gasteiger partial charge < -0.3 is 4.57 Å². The summed E-state index contributed by atoms with van der Waals surface area (Å²) in [4.78, 5) is 0. The first-order valence-electron chi connectivity index (χ1n) is 15.5. The van der Waals surface area contributed by atoms with Gasteiger partial charge in [-0.25, -0.2) is 0 Å². The summed E-state index contributed by atoms with van der Waals surface area (Å²) in [6, 6.07) is 26.6. The average Bonchev–Trinajstić information content (AvgIpc) is 3.47. The van der Waals surface area contributed by atoms with Crippen molar-refractivity contribution in [3.63, 3.8) is 0 Å². The van der Waals surface area contributed by atoms with E-state index in [1.807, 2.05) is 0 Å². The van der Waals surface area contributed by atoms with Crippen molar-refractivity contribution >= 4 is 57.7 Å². The number of allylic oxidation sites excluding steroid dienone is 6. The third-order valence-corrected chi connectivity index (χ3v) is 7.90. The van der Waals surface area contributed by atoms with Gasteiger partial charge >= 0.3 is 33.0 Å². The summed E-state index contributed by atoms with van der Waals surface area (Å²) in [6.45, 7) is 6.62. The first kappa shape index (κ1) is 33.2. The molecule has 1 aromatic heterocycles. The molecule has 0 amide bonds. The third-order valence-electron chi connectivity index (χ3n) is 7.90. The van der Waals surface area contributed by atoms with Crippen LogP contribution in [0.3, 0.4) is 0 Å². The van der Waals surface area contributed by atoms with E-state index in [1.165, 1.54) is 80.4 Å². The Kier molecular flexibility index (Phi) is 9.07. The number of aryl methyl sites for hydroxylation is 1. The normalized spacial score (nSPS) is 15.6. The van der Waals surface area contributed by atoms with E-state index >= 15 is 0 Å². The minimum absolute atomic E-state index is 1.05. The van der Waals surface area contributed by atoms with Gasteiger partial charge in [0, 0.05) is 46.7 Å². The first-order chi connectivity index (χ1) is 21.8. The Morgan fingerprint density at radius 3 is 1.96 bits per heavy atom. The zero-order valence-electron chi connectivity index (χ0n) is 25.8. The molecule has 0 N–H and O–H groups in total. The number of benzene rings is 4. The zero-order valence-corrected chi connectivity index (χ0v) is 26.7. The van der Waals surface area contributed by atoms with Crippen LogP contribution in [-0.4, -0.2) is 21.4 Å². The van der Waals surface area contributed by atoms with E-state index in [4.69, 9.17) is 0 Å². The summed E-state index contributed by atoms with van der Waals surface area (Å²) < 4.78 is 64.2. The second-order valence-electron chi connectivity index (χ2n) is 11.4. The zero-order chi connectivity index (χ0) is 33.0. The number of nitrogens with zero attached hydrogens (tertiary/aromatic N) is 2. The molecule has 1 aliphatic rings. The van der Waals surface area contributed by atoms with Crippen LogP contribution in [0.15, 0.2) is 109 Å². The Morgan fingerprint density at radius 1 is 0.674 bits per heavy atom. The van der Waals surface area contributed by atoms with Crippen LogP contribution < -0.4 is 5.35 Å². The molecular weight excluding hydrogens is 617 g/mol. The fourth-order valence-electron chi connectivity index (χ4n) is 6.03. The molecule has 0 unspecified atom stereocenters. The number of hydrogen-bond acceptors (Lipinski definition) is 0. The molecule has 242 valence electrons. The van der Waals surface area contributed by atoms with Crippen molar-refractivity contribution in [3.05, 3.63) is 120 Å².